The maximum absolute atomic E-state index is 13.4. The van der Waals surface area contributed by atoms with E-state index in [0.29, 0.717) is 18.9 Å². The van der Waals surface area contributed by atoms with Crippen LogP contribution in [0, 0.1) is 6.92 Å². The Kier molecular flexibility index (Phi) is 7.14. The number of anilines is 1. The van der Waals surface area contributed by atoms with Gasteiger partial charge in [-0.3, -0.25) is 4.90 Å². The van der Waals surface area contributed by atoms with E-state index in [0.717, 1.165) is 48.9 Å². The predicted molar refractivity (Wildman–Crippen MR) is 115 cm³/mol. The summed E-state index contributed by atoms with van der Waals surface area (Å²) in [6.07, 6.45) is -3.48. The molecule has 7 nitrogen and oxygen atoms in total. The zero-order valence-corrected chi connectivity index (χ0v) is 19.5. The van der Waals surface area contributed by atoms with Crippen molar-refractivity contribution in [2.24, 2.45) is 7.05 Å². The first-order valence-electron chi connectivity index (χ1n) is 10.4. The standard InChI is InChI=1S/C20H30F3N7S/c1-14-26-27-18(28(14)5)31-12-6-7-29-8-10-30(11-9-29)16-13-15(20(21,22)23)24-17(25-16)19(2,3)4/h13H,6-12H2,1-5H3. The second-order valence-corrected chi connectivity index (χ2v) is 9.86. The summed E-state index contributed by atoms with van der Waals surface area (Å²) in [6, 6.07) is 1.07. The third-order valence-corrected chi connectivity index (χ3v) is 6.38. The molecule has 0 atom stereocenters. The summed E-state index contributed by atoms with van der Waals surface area (Å²) in [5, 5.41) is 9.13. The molecule has 1 aliphatic heterocycles. The summed E-state index contributed by atoms with van der Waals surface area (Å²) in [5.74, 6) is 2.42. The number of thioether (sulfide) groups is 1. The fourth-order valence-electron chi connectivity index (χ4n) is 3.24. The molecule has 1 saturated heterocycles. The molecule has 0 N–H and O–H groups in total. The van der Waals surface area contributed by atoms with Crippen molar-refractivity contribution < 1.29 is 13.2 Å². The van der Waals surface area contributed by atoms with E-state index in [2.05, 4.69) is 25.1 Å². The molecule has 0 bridgehead atoms. The molecule has 172 valence electrons. The Morgan fingerprint density at radius 1 is 1.03 bits per heavy atom. The number of hydrogen-bond donors (Lipinski definition) is 0. The van der Waals surface area contributed by atoms with E-state index in [-0.39, 0.29) is 5.82 Å². The lowest BCUT2D eigenvalue weighted by Gasteiger charge is -2.36. The van der Waals surface area contributed by atoms with Crippen molar-refractivity contribution >= 4 is 17.6 Å². The van der Waals surface area contributed by atoms with Crippen molar-refractivity contribution in [3.8, 4) is 0 Å². The van der Waals surface area contributed by atoms with Crippen molar-refractivity contribution in [3.05, 3.63) is 23.4 Å². The van der Waals surface area contributed by atoms with Gasteiger partial charge in [-0.25, -0.2) is 9.97 Å². The maximum atomic E-state index is 13.4. The average Bonchev–Trinajstić information content (AvgIpc) is 3.02. The molecule has 0 unspecified atom stereocenters. The summed E-state index contributed by atoms with van der Waals surface area (Å²) in [7, 11) is 1.96. The minimum absolute atomic E-state index is 0.218. The van der Waals surface area contributed by atoms with E-state index in [1.165, 1.54) is 0 Å². The van der Waals surface area contributed by atoms with Gasteiger partial charge >= 0.3 is 6.18 Å². The Bertz CT molecular complexity index is 852. The largest absolute Gasteiger partial charge is 0.433 e. The van der Waals surface area contributed by atoms with Gasteiger partial charge in [0, 0.05) is 50.5 Å². The first-order chi connectivity index (χ1) is 14.4. The lowest BCUT2D eigenvalue weighted by molar-refractivity contribution is -0.141. The molecule has 0 amide bonds. The minimum Gasteiger partial charge on any atom is -0.354 e. The number of rotatable bonds is 6. The van der Waals surface area contributed by atoms with Gasteiger partial charge < -0.3 is 9.47 Å². The molecule has 0 radical (unpaired) electrons. The van der Waals surface area contributed by atoms with Gasteiger partial charge in [0.1, 0.15) is 23.2 Å². The Hall–Kier alpha value is -1.88. The normalized spacial score (nSPS) is 16.2. The summed E-state index contributed by atoms with van der Waals surface area (Å²) < 4.78 is 42.1. The van der Waals surface area contributed by atoms with Crippen molar-refractivity contribution in [3.63, 3.8) is 0 Å². The summed E-state index contributed by atoms with van der Waals surface area (Å²) in [5.41, 5.74) is -1.43. The second-order valence-electron chi connectivity index (χ2n) is 8.80. The number of aryl methyl sites for hydroxylation is 1. The smallest absolute Gasteiger partial charge is 0.354 e. The molecular formula is C20H30F3N7S. The van der Waals surface area contributed by atoms with Crippen LogP contribution in [0.25, 0.3) is 0 Å². The lowest BCUT2D eigenvalue weighted by atomic mass is 9.95. The lowest BCUT2D eigenvalue weighted by Crippen LogP contribution is -2.47. The van der Waals surface area contributed by atoms with Gasteiger partial charge in [0.25, 0.3) is 0 Å². The highest BCUT2D eigenvalue weighted by Gasteiger charge is 2.35. The van der Waals surface area contributed by atoms with Crippen LogP contribution in [0.4, 0.5) is 19.0 Å². The molecule has 0 aromatic carbocycles. The van der Waals surface area contributed by atoms with Crippen LogP contribution in [0.1, 0.15) is 44.5 Å². The molecule has 11 heteroatoms. The van der Waals surface area contributed by atoms with E-state index >= 15 is 0 Å². The fraction of sp³-hybridized carbons (Fsp3) is 0.700. The highest BCUT2D eigenvalue weighted by atomic mass is 32.2. The average molecular weight is 458 g/mol. The Balaban J connectivity index is 1.55. The van der Waals surface area contributed by atoms with Crippen molar-refractivity contribution in [2.45, 2.75) is 50.9 Å². The fourth-order valence-corrected chi connectivity index (χ4v) is 4.12. The van der Waals surface area contributed by atoms with Gasteiger partial charge in [0.05, 0.1) is 0 Å². The van der Waals surface area contributed by atoms with Gasteiger partial charge in [-0.15, -0.1) is 10.2 Å². The first kappa shape index (κ1) is 23.8. The zero-order chi connectivity index (χ0) is 22.8. The first-order valence-corrected chi connectivity index (χ1v) is 11.4. The molecule has 2 aromatic rings. The Labute approximate surface area is 185 Å². The zero-order valence-electron chi connectivity index (χ0n) is 18.7. The number of hydrogen-bond acceptors (Lipinski definition) is 7. The third kappa shape index (κ3) is 6.09. The van der Waals surface area contributed by atoms with Crippen molar-refractivity contribution in [2.75, 3.05) is 43.4 Å². The molecule has 1 aliphatic rings. The van der Waals surface area contributed by atoms with Crippen LogP contribution in [0.2, 0.25) is 0 Å². The molecule has 31 heavy (non-hydrogen) atoms. The molecule has 0 spiro atoms. The number of aromatic nitrogens is 5. The van der Waals surface area contributed by atoms with Gasteiger partial charge in [-0.05, 0) is 19.9 Å². The predicted octanol–water partition coefficient (Wildman–Crippen LogP) is 3.53. The topological polar surface area (TPSA) is 63.0 Å². The number of alkyl halides is 3. The number of nitrogens with zero attached hydrogens (tertiary/aromatic N) is 7. The highest BCUT2D eigenvalue weighted by Crippen LogP contribution is 2.32. The Morgan fingerprint density at radius 2 is 1.71 bits per heavy atom. The van der Waals surface area contributed by atoms with E-state index in [1.807, 2.05) is 44.2 Å². The summed E-state index contributed by atoms with van der Waals surface area (Å²) in [6.45, 7) is 11.2. The van der Waals surface area contributed by atoms with Crippen LogP contribution in [-0.2, 0) is 18.6 Å². The SMILES string of the molecule is Cc1nnc(SCCCN2CCN(c3cc(C(F)(F)F)nc(C(C)(C)C)n3)CC2)n1C. The number of halogens is 3. The van der Waals surface area contributed by atoms with E-state index < -0.39 is 17.3 Å². The van der Waals surface area contributed by atoms with E-state index in [4.69, 9.17) is 0 Å². The highest BCUT2D eigenvalue weighted by molar-refractivity contribution is 7.99. The maximum Gasteiger partial charge on any atom is 0.433 e. The van der Waals surface area contributed by atoms with Crippen LogP contribution in [0.5, 0.6) is 0 Å². The van der Waals surface area contributed by atoms with Crippen LogP contribution in [0.15, 0.2) is 11.2 Å². The van der Waals surface area contributed by atoms with Gasteiger partial charge in [0.2, 0.25) is 0 Å². The summed E-state index contributed by atoms with van der Waals surface area (Å²) in [4.78, 5) is 12.5. The van der Waals surface area contributed by atoms with Crippen LogP contribution >= 0.6 is 11.8 Å². The summed E-state index contributed by atoms with van der Waals surface area (Å²) >= 11 is 1.69. The van der Waals surface area contributed by atoms with E-state index in [1.54, 1.807) is 11.8 Å². The van der Waals surface area contributed by atoms with Gasteiger partial charge in [0.15, 0.2) is 5.16 Å². The monoisotopic (exact) mass is 457 g/mol. The molecule has 0 aliphatic carbocycles. The number of piperazine rings is 1. The molecule has 1 fully saturated rings. The minimum atomic E-state index is -4.49. The third-order valence-electron chi connectivity index (χ3n) is 5.27. The van der Waals surface area contributed by atoms with E-state index in [9.17, 15) is 13.2 Å². The molecule has 3 rings (SSSR count). The van der Waals surface area contributed by atoms with Gasteiger partial charge in [-0.1, -0.05) is 32.5 Å². The molecule has 2 aromatic heterocycles. The van der Waals surface area contributed by atoms with Gasteiger partial charge in [-0.2, -0.15) is 13.2 Å². The quantitative estimate of drug-likeness (QED) is 0.486. The molecular weight excluding hydrogens is 427 g/mol. The van der Waals surface area contributed by atoms with Crippen LogP contribution < -0.4 is 4.90 Å². The van der Waals surface area contributed by atoms with Crippen LogP contribution in [-0.4, -0.2) is 68.1 Å². The Morgan fingerprint density at radius 3 is 2.26 bits per heavy atom. The van der Waals surface area contributed by atoms with Crippen molar-refractivity contribution in [1.29, 1.82) is 0 Å². The molecule has 3 heterocycles. The van der Waals surface area contributed by atoms with Crippen LogP contribution in [0.3, 0.4) is 0 Å². The molecule has 0 saturated carbocycles. The second kappa shape index (κ2) is 9.32. The van der Waals surface area contributed by atoms with Crippen molar-refractivity contribution in [1.82, 2.24) is 29.6 Å².